The summed E-state index contributed by atoms with van der Waals surface area (Å²) in [5, 5.41) is 9.17. The minimum absolute atomic E-state index is 0.00609. The Hall–Kier alpha value is -2.81. The van der Waals surface area contributed by atoms with Gasteiger partial charge in [0.2, 0.25) is 0 Å². The fourth-order valence-electron chi connectivity index (χ4n) is 3.22. The van der Waals surface area contributed by atoms with Gasteiger partial charge in [-0.05, 0) is 49.6 Å². The standard InChI is InChI=1S/C19H21FN2O5S/c1-27-17-8-5-13(19(23)24)11-18(17)28(25,26)21-15-12-14(20)6-7-16(15)22-9-3-2-4-10-22/h5-8,11-12,21H,2-4,9-10H2,1H3,(H,23,24). The maximum Gasteiger partial charge on any atom is 0.335 e. The second-order valence-electron chi connectivity index (χ2n) is 6.49. The van der Waals surface area contributed by atoms with E-state index in [-0.39, 0.29) is 21.9 Å². The highest BCUT2D eigenvalue weighted by molar-refractivity contribution is 7.92. The van der Waals surface area contributed by atoms with Crippen molar-refractivity contribution in [2.45, 2.75) is 24.2 Å². The van der Waals surface area contributed by atoms with Gasteiger partial charge >= 0.3 is 5.97 Å². The van der Waals surface area contributed by atoms with E-state index in [0.29, 0.717) is 5.69 Å². The molecule has 2 N–H and O–H groups in total. The Bertz CT molecular complexity index is 988. The number of piperidine rings is 1. The van der Waals surface area contributed by atoms with Crippen LogP contribution >= 0.6 is 0 Å². The van der Waals surface area contributed by atoms with Crippen LogP contribution in [0.15, 0.2) is 41.3 Å². The average molecular weight is 408 g/mol. The summed E-state index contributed by atoms with van der Waals surface area (Å²) in [5.41, 5.74) is 0.486. The number of nitrogens with one attached hydrogen (secondary N) is 1. The molecule has 0 amide bonds. The highest BCUT2D eigenvalue weighted by Gasteiger charge is 2.24. The fraction of sp³-hybridized carbons (Fsp3) is 0.316. The summed E-state index contributed by atoms with van der Waals surface area (Å²) in [7, 11) is -2.93. The molecule has 0 spiro atoms. The Morgan fingerprint density at radius 2 is 1.86 bits per heavy atom. The summed E-state index contributed by atoms with van der Waals surface area (Å²) in [6.45, 7) is 1.50. The van der Waals surface area contributed by atoms with Crippen LogP contribution in [0, 0.1) is 5.82 Å². The molecule has 1 fully saturated rings. The number of anilines is 2. The van der Waals surface area contributed by atoms with Crippen LogP contribution in [-0.4, -0.2) is 39.7 Å². The largest absolute Gasteiger partial charge is 0.495 e. The van der Waals surface area contributed by atoms with Crippen molar-refractivity contribution in [2.24, 2.45) is 0 Å². The van der Waals surface area contributed by atoms with Gasteiger partial charge in [0.15, 0.2) is 0 Å². The van der Waals surface area contributed by atoms with Crippen molar-refractivity contribution in [1.82, 2.24) is 0 Å². The third-order valence-electron chi connectivity index (χ3n) is 4.60. The number of carboxylic acids is 1. The molecule has 1 heterocycles. The Morgan fingerprint density at radius 1 is 1.14 bits per heavy atom. The molecule has 0 atom stereocenters. The lowest BCUT2D eigenvalue weighted by Gasteiger charge is -2.30. The highest BCUT2D eigenvalue weighted by atomic mass is 32.2. The maximum atomic E-state index is 13.9. The predicted molar refractivity (Wildman–Crippen MR) is 103 cm³/mol. The lowest BCUT2D eigenvalue weighted by molar-refractivity contribution is 0.0696. The normalized spacial score (nSPS) is 14.6. The predicted octanol–water partition coefficient (Wildman–Crippen LogP) is 3.32. The zero-order valence-electron chi connectivity index (χ0n) is 15.3. The molecular formula is C19H21FN2O5S. The third kappa shape index (κ3) is 4.19. The molecule has 1 saturated heterocycles. The number of methoxy groups -OCH3 is 1. The average Bonchev–Trinajstić information content (AvgIpc) is 2.68. The smallest absolute Gasteiger partial charge is 0.335 e. The van der Waals surface area contributed by atoms with Crippen molar-refractivity contribution >= 4 is 27.4 Å². The van der Waals surface area contributed by atoms with Gasteiger partial charge in [-0.1, -0.05) is 0 Å². The van der Waals surface area contributed by atoms with Crippen molar-refractivity contribution in [2.75, 3.05) is 29.8 Å². The maximum absolute atomic E-state index is 13.9. The van der Waals surface area contributed by atoms with Crippen molar-refractivity contribution < 1.29 is 27.4 Å². The molecule has 3 rings (SSSR count). The van der Waals surface area contributed by atoms with Gasteiger partial charge in [-0.2, -0.15) is 0 Å². The van der Waals surface area contributed by atoms with Crippen molar-refractivity contribution in [3.05, 3.63) is 47.8 Å². The van der Waals surface area contributed by atoms with Crippen molar-refractivity contribution in [1.29, 1.82) is 0 Å². The van der Waals surface area contributed by atoms with Gasteiger partial charge in [-0.25, -0.2) is 17.6 Å². The summed E-state index contributed by atoms with van der Waals surface area (Å²) in [4.78, 5) is 12.9. The van der Waals surface area contributed by atoms with Gasteiger partial charge in [-0.15, -0.1) is 0 Å². The molecule has 0 unspecified atom stereocenters. The number of hydrogen-bond acceptors (Lipinski definition) is 5. The Balaban J connectivity index is 2.02. The SMILES string of the molecule is COc1ccc(C(=O)O)cc1S(=O)(=O)Nc1cc(F)ccc1N1CCCCC1. The number of ether oxygens (including phenoxy) is 1. The van der Waals surface area contributed by atoms with Gasteiger partial charge in [0, 0.05) is 19.2 Å². The number of carbonyl (C=O) groups is 1. The van der Waals surface area contributed by atoms with E-state index in [1.807, 2.05) is 4.90 Å². The van der Waals surface area contributed by atoms with E-state index < -0.39 is 21.8 Å². The monoisotopic (exact) mass is 408 g/mol. The summed E-state index contributed by atoms with van der Waals surface area (Å²) in [6.07, 6.45) is 3.04. The molecular weight excluding hydrogens is 387 g/mol. The number of hydrogen-bond donors (Lipinski definition) is 2. The molecule has 1 aliphatic heterocycles. The molecule has 7 nitrogen and oxygen atoms in total. The second-order valence-corrected chi connectivity index (χ2v) is 8.14. The van der Waals surface area contributed by atoms with Crippen LogP contribution in [0.2, 0.25) is 0 Å². The molecule has 0 aromatic heterocycles. The molecule has 0 bridgehead atoms. The highest BCUT2D eigenvalue weighted by Crippen LogP contribution is 2.33. The van der Waals surface area contributed by atoms with Crippen molar-refractivity contribution in [3.63, 3.8) is 0 Å². The van der Waals surface area contributed by atoms with Gasteiger partial charge in [0.05, 0.1) is 24.0 Å². The molecule has 150 valence electrons. The topological polar surface area (TPSA) is 95.9 Å². The molecule has 9 heteroatoms. The first kappa shape index (κ1) is 19.9. The summed E-state index contributed by atoms with van der Waals surface area (Å²) >= 11 is 0. The molecule has 1 aliphatic rings. The van der Waals surface area contributed by atoms with E-state index in [2.05, 4.69) is 4.72 Å². The van der Waals surface area contributed by atoms with Crippen LogP contribution in [0.4, 0.5) is 15.8 Å². The van der Waals surface area contributed by atoms with E-state index in [9.17, 15) is 17.6 Å². The minimum atomic E-state index is -4.22. The molecule has 0 radical (unpaired) electrons. The number of sulfonamides is 1. The molecule has 0 aliphatic carbocycles. The first-order valence-electron chi connectivity index (χ1n) is 8.80. The van der Waals surface area contributed by atoms with E-state index >= 15 is 0 Å². The molecule has 2 aromatic carbocycles. The van der Waals surface area contributed by atoms with Crippen LogP contribution in [0.25, 0.3) is 0 Å². The number of rotatable bonds is 6. The first-order valence-corrected chi connectivity index (χ1v) is 10.3. The summed E-state index contributed by atoms with van der Waals surface area (Å²) < 4.78 is 47.3. The minimum Gasteiger partial charge on any atom is -0.495 e. The van der Waals surface area contributed by atoms with E-state index in [1.54, 1.807) is 6.07 Å². The Kier molecular flexibility index (Phi) is 5.73. The number of halogens is 1. The third-order valence-corrected chi connectivity index (χ3v) is 5.99. The van der Waals surface area contributed by atoms with E-state index in [1.165, 1.54) is 25.3 Å². The van der Waals surface area contributed by atoms with E-state index in [4.69, 9.17) is 9.84 Å². The Labute approximate surface area is 162 Å². The van der Waals surface area contributed by atoms with Crippen LogP contribution in [0.1, 0.15) is 29.6 Å². The molecule has 0 saturated carbocycles. The zero-order chi connectivity index (χ0) is 20.3. The van der Waals surface area contributed by atoms with E-state index in [0.717, 1.165) is 44.5 Å². The van der Waals surface area contributed by atoms with Gasteiger partial charge in [0.25, 0.3) is 10.0 Å². The lowest BCUT2D eigenvalue weighted by atomic mass is 10.1. The van der Waals surface area contributed by atoms with Crippen LogP contribution in [-0.2, 0) is 10.0 Å². The van der Waals surface area contributed by atoms with Gasteiger partial charge < -0.3 is 14.7 Å². The van der Waals surface area contributed by atoms with Crippen LogP contribution < -0.4 is 14.4 Å². The summed E-state index contributed by atoms with van der Waals surface area (Å²) in [6, 6.07) is 7.49. The molecule has 28 heavy (non-hydrogen) atoms. The zero-order valence-corrected chi connectivity index (χ0v) is 16.1. The fourth-order valence-corrected chi connectivity index (χ4v) is 4.48. The van der Waals surface area contributed by atoms with Gasteiger partial charge in [0.1, 0.15) is 16.5 Å². The van der Waals surface area contributed by atoms with Crippen LogP contribution in [0.3, 0.4) is 0 Å². The number of benzene rings is 2. The summed E-state index contributed by atoms with van der Waals surface area (Å²) in [5.74, 6) is -1.85. The number of aromatic carboxylic acids is 1. The van der Waals surface area contributed by atoms with Gasteiger partial charge in [-0.3, -0.25) is 4.72 Å². The Morgan fingerprint density at radius 3 is 2.50 bits per heavy atom. The number of carboxylic acid groups (broad SMARTS) is 1. The number of nitrogens with zero attached hydrogens (tertiary/aromatic N) is 1. The molecule has 2 aromatic rings. The lowest BCUT2D eigenvalue weighted by Crippen LogP contribution is -2.30. The quantitative estimate of drug-likeness (QED) is 0.761. The second kappa shape index (κ2) is 8.05. The first-order chi connectivity index (χ1) is 13.3. The van der Waals surface area contributed by atoms with Crippen molar-refractivity contribution in [3.8, 4) is 5.75 Å². The van der Waals surface area contributed by atoms with Crippen LogP contribution in [0.5, 0.6) is 5.75 Å².